The molecule has 6 heteroatoms. The third-order valence-electron chi connectivity index (χ3n) is 6.23. The molecule has 1 N–H and O–H groups in total. The number of fused-ring (bicyclic) bond motifs is 1. The molecule has 0 atom stereocenters. The first-order valence-corrected chi connectivity index (χ1v) is 12.0. The Hall–Kier alpha value is -4.27. The molecule has 0 unspecified atom stereocenters. The minimum Gasteiger partial charge on any atom is -0.489 e. The van der Waals surface area contributed by atoms with Crippen molar-refractivity contribution < 1.29 is 4.74 Å². The summed E-state index contributed by atoms with van der Waals surface area (Å²) in [6, 6.07) is 26.1. The van der Waals surface area contributed by atoms with Gasteiger partial charge < -0.3 is 14.3 Å². The number of hydrogen-bond acceptors (Lipinski definition) is 3. The maximum atomic E-state index is 9.88. The highest BCUT2D eigenvalue weighted by molar-refractivity contribution is 6.31. The second kappa shape index (κ2) is 9.77. The van der Waals surface area contributed by atoms with E-state index >= 15 is 0 Å². The van der Waals surface area contributed by atoms with Crippen molar-refractivity contribution in [2.75, 3.05) is 0 Å². The standard InChI is InChI=1S/C30H25ClN4O/c1-19-8-13-28-29(14-19)34-30(33-28)24(17-32)16-23-15-20(2)35(21(23)3)25-9-11-26(12-10-25)36-18-22-6-4-5-7-27(22)31/h4-16H,18H2,1-3H3,(H,33,34)/b24-16-. The number of allylic oxidation sites excluding steroid dienone is 1. The summed E-state index contributed by atoms with van der Waals surface area (Å²) >= 11 is 6.23. The lowest BCUT2D eigenvalue weighted by atomic mass is 10.1. The van der Waals surface area contributed by atoms with Gasteiger partial charge in [-0.05, 0) is 86.5 Å². The molecule has 5 nitrogen and oxygen atoms in total. The number of ether oxygens (including phenoxy) is 1. The van der Waals surface area contributed by atoms with Gasteiger partial charge in [-0.1, -0.05) is 35.9 Å². The molecule has 0 aliphatic heterocycles. The number of aromatic nitrogens is 3. The first kappa shape index (κ1) is 23.5. The van der Waals surface area contributed by atoms with Crippen LogP contribution in [0.15, 0.2) is 72.8 Å². The van der Waals surface area contributed by atoms with Gasteiger partial charge in [0.25, 0.3) is 0 Å². The normalized spacial score (nSPS) is 11.6. The van der Waals surface area contributed by atoms with Crippen LogP contribution in [0.4, 0.5) is 0 Å². The number of nitriles is 1. The molecule has 0 aliphatic rings. The lowest BCUT2D eigenvalue weighted by molar-refractivity contribution is 0.306. The number of aryl methyl sites for hydroxylation is 2. The Labute approximate surface area is 215 Å². The van der Waals surface area contributed by atoms with Crippen molar-refractivity contribution in [2.24, 2.45) is 0 Å². The summed E-state index contributed by atoms with van der Waals surface area (Å²) in [5, 5.41) is 10.6. The number of rotatable bonds is 6. The Bertz CT molecular complexity index is 1630. The van der Waals surface area contributed by atoms with Crippen molar-refractivity contribution in [3.63, 3.8) is 0 Å². The van der Waals surface area contributed by atoms with Crippen LogP contribution >= 0.6 is 11.6 Å². The number of nitrogens with one attached hydrogen (secondary N) is 1. The Morgan fingerprint density at radius 1 is 1.06 bits per heavy atom. The minimum atomic E-state index is 0.411. The number of nitrogens with zero attached hydrogens (tertiary/aromatic N) is 3. The summed E-state index contributed by atoms with van der Waals surface area (Å²) in [5.41, 5.74) is 8.46. The van der Waals surface area contributed by atoms with E-state index in [1.807, 2.05) is 79.7 Å². The van der Waals surface area contributed by atoms with E-state index < -0.39 is 0 Å². The molecular formula is C30H25ClN4O. The molecule has 5 rings (SSSR count). The van der Waals surface area contributed by atoms with Gasteiger partial charge in [0.2, 0.25) is 0 Å². The largest absolute Gasteiger partial charge is 0.489 e. The zero-order valence-electron chi connectivity index (χ0n) is 20.3. The van der Waals surface area contributed by atoms with Crippen LogP contribution in [0.3, 0.4) is 0 Å². The van der Waals surface area contributed by atoms with Gasteiger partial charge in [-0.15, -0.1) is 0 Å². The van der Waals surface area contributed by atoms with Crippen molar-refractivity contribution in [3.8, 4) is 17.5 Å². The Morgan fingerprint density at radius 2 is 1.83 bits per heavy atom. The highest BCUT2D eigenvalue weighted by atomic mass is 35.5. The van der Waals surface area contributed by atoms with Gasteiger partial charge in [0, 0.05) is 27.7 Å². The van der Waals surface area contributed by atoms with Crippen LogP contribution in [0.1, 0.15) is 33.9 Å². The molecule has 2 heterocycles. The molecule has 3 aromatic carbocycles. The zero-order valence-corrected chi connectivity index (χ0v) is 21.1. The van der Waals surface area contributed by atoms with Gasteiger partial charge >= 0.3 is 0 Å². The Morgan fingerprint density at radius 3 is 2.58 bits per heavy atom. The van der Waals surface area contributed by atoms with E-state index in [4.69, 9.17) is 16.3 Å². The van der Waals surface area contributed by atoms with Gasteiger partial charge in [0.05, 0.1) is 16.6 Å². The van der Waals surface area contributed by atoms with Crippen LogP contribution in [0.2, 0.25) is 5.02 Å². The fourth-order valence-corrected chi connectivity index (χ4v) is 4.55. The van der Waals surface area contributed by atoms with Gasteiger partial charge in [0.15, 0.2) is 0 Å². The third-order valence-corrected chi connectivity index (χ3v) is 6.60. The molecule has 0 fully saturated rings. The maximum Gasteiger partial charge on any atom is 0.149 e. The maximum absolute atomic E-state index is 9.88. The van der Waals surface area contributed by atoms with E-state index in [0.717, 1.165) is 50.5 Å². The van der Waals surface area contributed by atoms with Crippen molar-refractivity contribution in [1.82, 2.24) is 14.5 Å². The van der Waals surface area contributed by atoms with Gasteiger partial charge in [-0.25, -0.2) is 4.98 Å². The van der Waals surface area contributed by atoms with Crippen molar-refractivity contribution in [3.05, 3.63) is 112 Å². The van der Waals surface area contributed by atoms with Crippen molar-refractivity contribution in [1.29, 1.82) is 5.26 Å². The highest BCUT2D eigenvalue weighted by Gasteiger charge is 2.13. The molecular weight excluding hydrogens is 468 g/mol. The lowest BCUT2D eigenvalue weighted by Gasteiger charge is -2.12. The van der Waals surface area contributed by atoms with Crippen LogP contribution in [0.25, 0.3) is 28.4 Å². The minimum absolute atomic E-state index is 0.411. The molecule has 0 amide bonds. The number of imidazole rings is 1. The van der Waals surface area contributed by atoms with E-state index in [1.165, 1.54) is 0 Å². The lowest BCUT2D eigenvalue weighted by Crippen LogP contribution is -2.00. The van der Waals surface area contributed by atoms with Crippen LogP contribution in [-0.2, 0) is 6.61 Å². The summed E-state index contributed by atoms with van der Waals surface area (Å²) in [6.07, 6.45) is 1.89. The Kier molecular flexibility index (Phi) is 6.37. The molecule has 0 bridgehead atoms. The van der Waals surface area contributed by atoms with Crippen molar-refractivity contribution >= 4 is 34.3 Å². The fourth-order valence-electron chi connectivity index (χ4n) is 4.36. The third kappa shape index (κ3) is 4.64. The number of halogens is 1. The van der Waals surface area contributed by atoms with E-state index in [0.29, 0.717) is 23.0 Å². The number of benzene rings is 3. The smallest absolute Gasteiger partial charge is 0.149 e. The van der Waals surface area contributed by atoms with Gasteiger partial charge in [-0.3, -0.25) is 0 Å². The van der Waals surface area contributed by atoms with Gasteiger partial charge in [-0.2, -0.15) is 5.26 Å². The van der Waals surface area contributed by atoms with E-state index in [-0.39, 0.29) is 0 Å². The predicted octanol–water partition coefficient (Wildman–Crippen LogP) is 7.58. The molecule has 0 aliphatic carbocycles. The zero-order chi connectivity index (χ0) is 25.2. The van der Waals surface area contributed by atoms with Crippen LogP contribution in [0, 0.1) is 32.1 Å². The van der Waals surface area contributed by atoms with Crippen LogP contribution in [-0.4, -0.2) is 14.5 Å². The molecule has 2 aromatic heterocycles. The molecule has 178 valence electrons. The summed E-state index contributed by atoms with van der Waals surface area (Å²) < 4.78 is 8.10. The average molecular weight is 493 g/mol. The fraction of sp³-hybridized carbons (Fsp3) is 0.133. The second-order valence-corrected chi connectivity index (χ2v) is 9.22. The number of aromatic amines is 1. The van der Waals surface area contributed by atoms with Crippen molar-refractivity contribution in [2.45, 2.75) is 27.4 Å². The first-order valence-electron chi connectivity index (χ1n) is 11.7. The summed E-state index contributed by atoms with van der Waals surface area (Å²) in [4.78, 5) is 7.90. The van der Waals surface area contributed by atoms with E-state index in [2.05, 4.69) is 40.5 Å². The van der Waals surface area contributed by atoms with E-state index in [1.54, 1.807) is 0 Å². The van der Waals surface area contributed by atoms with Gasteiger partial charge in [0.1, 0.15) is 24.3 Å². The summed E-state index contributed by atoms with van der Waals surface area (Å²) in [7, 11) is 0. The molecule has 0 spiro atoms. The Balaban J connectivity index is 1.40. The molecule has 0 saturated heterocycles. The quantitative estimate of drug-likeness (QED) is 0.248. The molecule has 5 aromatic rings. The molecule has 0 saturated carbocycles. The molecule has 0 radical (unpaired) electrons. The van der Waals surface area contributed by atoms with Crippen LogP contribution < -0.4 is 4.74 Å². The number of hydrogen-bond donors (Lipinski definition) is 1. The highest BCUT2D eigenvalue weighted by Crippen LogP contribution is 2.27. The SMILES string of the molecule is Cc1ccc2nc(/C(C#N)=C\c3cc(C)n(-c4ccc(OCc5ccccc5Cl)cc4)c3C)[nH]c2c1. The molecule has 36 heavy (non-hydrogen) atoms. The monoisotopic (exact) mass is 492 g/mol. The summed E-state index contributed by atoms with van der Waals surface area (Å²) in [6.45, 7) is 6.56. The first-order chi connectivity index (χ1) is 17.4. The summed E-state index contributed by atoms with van der Waals surface area (Å²) in [5.74, 6) is 1.34. The number of H-pyrrole nitrogens is 1. The average Bonchev–Trinajstić information content (AvgIpc) is 3.41. The van der Waals surface area contributed by atoms with Crippen LogP contribution in [0.5, 0.6) is 5.75 Å². The topological polar surface area (TPSA) is 66.6 Å². The second-order valence-electron chi connectivity index (χ2n) is 8.81. The predicted molar refractivity (Wildman–Crippen MR) is 145 cm³/mol. The van der Waals surface area contributed by atoms with E-state index in [9.17, 15) is 5.26 Å².